The van der Waals surface area contributed by atoms with Gasteiger partial charge in [-0.1, -0.05) is 18.2 Å². The van der Waals surface area contributed by atoms with Gasteiger partial charge >= 0.3 is 5.97 Å². The molecule has 0 spiro atoms. The lowest BCUT2D eigenvalue weighted by atomic mass is 10.1. The number of aromatic amines is 1. The van der Waals surface area contributed by atoms with Gasteiger partial charge in [-0.2, -0.15) is 0 Å². The number of methoxy groups -OCH3 is 1. The summed E-state index contributed by atoms with van der Waals surface area (Å²) in [5, 5.41) is 1.96. The lowest BCUT2D eigenvalue weighted by Crippen LogP contribution is -2.12. The Labute approximate surface area is 135 Å². The van der Waals surface area contributed by atoms with Crippen molar-refractivity contribution in [2.45, 2.75) is 13.5 Å². The minimum atomic E-state index is -0.442. The van der Waals surface area contributed by atoms with Gasteiger partial charge in [-0.25, -0.2) is 9.78 Å². The minimum Gasteiger partial charge on any atom is -0.461 e. The molecule has 0 fully saturated rings. The van der Waals surface area contributed by atoms with E-state index in [4.69, 9.17) is 9.47 Å². The monoisotopic (exact) mass is 362 g/mol. The maximum Gasteiger partial charge on any atom is 0.357 e. The molecule has 0 aliphatic rings. The van der Waals surface area contributed by atoms with Crippen molar-refractivity contribution in [3.63, 3.8) is 0 Å². The van der Waals surface area contributed by atoms with Gasteiger partial charge in [-0.3, -0.25) is 0 Å². The van der Waals surface area contributed by atoms with E-state index < -0.39 is 5.97 Å². The van der Waals surface area contributed by atoms with Crippen LogP contribution in [0.5, 0.6) is 0 Å². The second-order valence-corrected chi connectivity index (χ2v) is 5.55. The third-order valence-corrected chi connectivity index (χ3v) is 4.04. The molecule has 0 radical (unpaired) electrons. The van der Waals surface area contributed by atoms with Crippen LogP contribution in [0, 0.1) is 0 Å². The van der Waals surface area contributed by atoms with Gasteiger partial charge in [0.05, 0.1) is 18.7 Å². The molecular formula is C16H15BrN2O3. The molecule has 0 saturated heterocycles. The summed E-state index contributed by atoms with van der Waals surface area (Å²) in [6.07, 6.45) is 0. The topological polar surface area (TPSA) is 64.2 Å². The minimum absolute atomic E-state index is 0.284. The molecule has 2 heterocycles. The zero-order chi connectivity index (χ0) is 15.7. The van der Waals surface area contributed by atoms with Crippen LogP contribution in [0.4, 0.5) is 0 Å². The Hall–Kier alpha value is -1.92. The van der Waals surface area contributed by atoms with Crippen LogP contribution >= 0.6 is 15.9 Å². The number of pyridine rings is 1. The number of hydrogen-bond acceptors (Lipinski definition) is 4. The van der Waals surface area contributed by atoms with Gasteiger partial charge in [-0.05, 0) is 28.9 Å². The van der Waals surface area contributed by atoms with E-state index in [1.165, 1.54) is 0 Å². The number of halogens is 1. The zero-order valence-corrected chi connectivity index (χ0v) is 13.9. The van der Waals surface area contributed by atoms with Crippen LogP contribution in [-0.4, -0.2) is 29.7 Å². The van der Waals surface area contributed by atoms with Gasteiger partial charge in [0.25, 0.3) is 0 Å². The van der Waals surface area contributed by atoms with Gasteiger partial charge in [0, 0.05) is 29.0 Å². The van der Waals surface area contributed by atoms with Crippen LogP contribution in [0.3, 0.4) is 0 Å². The van der Waals surface area contributed by atoms with Gasteiger partial charge < -0.3 is 14.5 Å². The van der Waals surface area contributed by atoms with Crippen LogP contribution < -0.4 is 0 Å². The number of aromatic nitrogens is 2. The van der Waals surface area contributed by atoms with Crippen molar-refractivity contribution in [3.05, 3.63) is 40.1 Å². The molecule has 0 saturated carbocycles. The lowest BCUT2D eigenvalue weighted by molar-refractivity contribution is 0.0514. The molecule has 3 aromatic rings. The number of ether oxygens (including phenoxy) is 2. The molecule has 0 aliphatic heterocycles. The summed E-state index contributed by atoms with van der Waals surface area (Å²) in [5.41, 5.74) is 2.85. The molecular weight excluding hydrogens is 348 g/mol. The van der Waals surface area contributed by atoms with E-state index in [0.29, 0.717) is 11.2 Å². The first-order chi connectivity index (χ1) is 10.7. The Kier molecular flexibility index (Phi) is 4.13. The van der Waals surface area contributed by atoms with Crippen LogP contribution in [-0.2, 0) is 16.1 Å². The van der Waals surface area contributed by atoms with E-state index >= 15 is 0 Å². The molecule has 2 aromatic heterocycles. The van der Waals surface area contributed by atoms with Crippen molar-refractivity contribution < 1.29 is 14.3 Å². The quantitative estimate of drug-likeness (QED) is 0.566. The Morgan fingerprint density at radius 2 is 2.14 bits per heavy atom. The van der Waals surface area contributed by atoms with Crippen molar-refractivity contribution in [2.24, 2.45) is 0 Å². The maximum atomic E-state index is 12.2. The van der Waals surface area contributed by atoms with Crippen molar-refractivity contribution in [1.29, 1.82) is 0 Å². The number of carbonyl (C=O) groups is 1. The van der Waals surface area contributed by atoms with Crippen LogP contribution in [0.2, 0.25) is 0 Å². The number of esters is 1. The average Bonchev–Trinajstić information content (AvgIpc) is 2.90. The molecule has 6 heteroatoms. The number of rotatable bonds is 4. The fourth-order valence-electron chi connectivity index (χ4n) is 2.60. The Morgan fingerprint density at radius 3 is 2.86 bits per heavy atom. The lowest BCUT2D eigenvalue weighted by Gasteiger charge is -2.10. The summed E-state index contributed by atoms with van der Waals surface area (Å²) in [6, 6.07) is 7.92. The second kappa shape index (κ2) is 6.06. The number of H-pyrrole nitrogens is 1. The molecule has 114 valence electrons. The highest BCUT2D eigenvalue weighted by Gasteiger charge is 2.22. The fourth-order valence-corrected chi connectivity index (χ4v) is 3.08. The molecule has 0 amide bonds. The van der Waals surface area contributed by atoms with Gasteiger partial charge in [0.15, 0.2) is 5.69 Å². The summed E-state index contributed by atoms with van der Waals surface area (Å²) < 4.78 is 11.0. The van der Waals surface area contributed by atoms with E-state index in [1.807, 2.05) is 24.3 Å². The number of nitrogens with one attached hydrogen (secondary N) is 1. The fraction of sp³-hybridized carbons (Fsp3) is 0.250. The first kappa shape index (κ1) is 15.0. The van der Waals surface area contributed by atoms with Crippen LogP contribution in [0.25, 0.3) is 21.8 Å². The predicted molar refractivity (Wildman–Crippen MR) is 88.0 cm³/mol. The number of para-hydroxylation sites is 1. The van der Waals surface area contributed by atoms with E-state index in [2.05, 4.69) is 25.9 Å². The molecule has 3 rings (SSSR count). The standard InChI is InChI=1S/C16H15BrN2O3/c1-3-22-16(20)13-10(8-21-2)12-9-6-4-5-7-11(9)18-14(12)15(17)19-13/h4-7,18H,3,8H2,1-2H3. The van der Waals surface area contributed by atoms with E-state index in [1.54, 1.807) is 14.0 Å². The molecule has 0 aliphatic carbocycles. The highest BCUT2D eigenvalue weighted by molar-refractivity contribution is 9.10. The Bertz CT molecular complexity index is 857. The first-order valence-corrected chi connectivity index (χ1v) is 7.71. The van der Waals surface area contributed by atoms with Crippen LogP contribution in [0.15, 0.2) is 28.9 Å². The molecule has 22 heavy (non-hydrogen) atoms. The third kappa shape index (κ3) is 2.38. The molecule has 0 unspecified atom stereocenters. The normalized spacial score (nSPS) is 11.2. The SMILES string of the molecule is CCOC(=O)c1nc(Br)c2[nH]c3ccccc3c2c1COC. The Balaban J connectivity index is 2.39. The summed E-state index contributed by atoms with van der Waals surface area (Å²) >= 11 is 3.44. The first-order valence-electron chi connectivity index (χ1n) is 6.92. The molecule has 5 nitrogen and oxygen atoms in total. The maximum absolute atomic E-state index is 12.2. The number of fused-ring (bicyclic) bond motifs is 3. The predicted octanol–water partition coefficient (Wildman–Crippen LogP) is 3.80. The van der Waals surface area contributed by atoms with E-state index in [0.717, 1.165) is 27.4 Å². The number of nitrogens with zero attached hydrogens (tertiary/aromatic N) is 1. The van der Waals surface area contributed by atoms with Gasteiger partial charge in [-0.15, -0.1) is 0 Å². The highest BCUT2D eigenvalue weighted by atomic mass is 79.9. The second-order valence-electron chi connectivity index (χ2n) is 4.80. The Morgan fingerprint density at radius 1 is 1.36 bits per heavy atom. The smallest absolute Gasteiger partial charge is 0.357 e. The summed E-state index contributed by atoms with van der Waals surface area (Å²) in [6.45, 7) is 2.36. The van der Waals surface area contributed by atoms with E-state index in [-0.39, 0.29) is 12.3 Å². The van der Waals surface area contributed by atoms with Crippen molar-refractivity contribution in [1.82, 2.24) is 9.97 Å². The van der Waals surface area contributed by atoms with Gasteiger partial charge in [0.1, 0.15) is 4.60 Å². The highest BCUT2D eigenvalue weighted by Crippen LogP contribution is 2.34. The molecule has 0 bridgehead atoms. The van der Waals surface area contributed by atoms with Crippen molar-refractivity contribution in [2.75, 3.05) is 13.7 Å². The number of hydrogen-bond donors (Lipinski definition) is 1. The third-order valence-electron chi connectivity index (χ3n) is 3.47. The summed E-state index contributed by atoms with van der Waals surface area (Å²) in [5.74, 6) is -0.442. The molecule has 0 atom stereocenters. The van der Waals surface area contributed by atoms with E-state index in [9.17, 15) is 4.79 Å². The number of carbonyl (C=O) groups excluding carboxylic acids is 1. The number of benzene rings is 1. The van der Waals surface area contributed by atoms with Crippen molar-refractivity contribution in [3.8, 4) is 0 Å². The van der Waals surface area contributed by atoms with Crippen LogP contribution in [0.1, 0.15) is 23.0 Å². The zero-order valence-electron chi connectivity index (χ0n) is 12.3. The van der Waals surface area contributed by atoms with Crippen molar-refractivity contribution >= 4 is 43.7 Å². The largest absolute Gasteiger partial charge is 0.461 e. The van der Waals surface area contributed by atoms with Gasteiger partial charge in [0.2, 0.25) is 0 Å². The summed E-state index contributed by atoms with van der Waals surface area (Å²) in [7, 11) is 1.59. The summed E-state index contributed by atoms with van der Waals surface area (Å²) in [4.78, 5) is 19.9. The average molecular weight is 363 g/mol. The molecule has 1 N–H and O–H groups in total. The molecule has 1 aromatic carbocycles.